The lowest BCUT2D eigenvalue weighted by atomic mass is 10.1. The Morgan fingerprint density at radius 1 is 1.25 bits per heavy atom. The number of nitrogens with zero attached hydrogens (tertiary/aromatic N) is 3. The maximum Gasteiger partial charge on any atom is 0.277 e. The maximum absolute atomic E-state index is 13.9. The summed E-state index contributed by atoms with van der Waals surface area (Å²) in [6.07, 6.45) is 2.26. The van der Waals surface area contributed by atoms with E-state index in [1.54, 1.807) is 25.1 Å². The molecule has 1 N–H and O–H groups in total. The fourth-order valence-corrected chi connectivity index (χ4v) is 3.60. The molecule has 1 aromatic heterocycles. The molecule has 2 aromatic carbocycles. The minimum atomic E-state index is -0.729. The molecule has 1 fully saturated rings. The van der Waals surface area contributed by atoms with Gasteiger partial charge in [0.2, 0.25) is 0 Å². The number of hydrogen-bond acceptors (Lipinski definition) is 6. The normalized spacial score (nSPS) is 14.1. The minimum Gasteiger partial charge on any atom is -0.487 e. The molecule has 9 heteroatoms. The molecule has 4 rings (SSSR count). The number of benzene rings is 2. The highest BCUT2D eigenvalue weighted by molar-refractivity contribution is 6.04. The predicted molar refractivity (Wildman–Crippen MR) is 113 cm³/mol. The second kappa shape index (κ2) is 9.06. The van der Waals surface area contributed by atoms with Crippen LogP contribution in [0.2, 0.25) is 0 Å². The van der Waals surface area contributed by atoms with E-state index in [1.165, 1.54) is 12.3 Å². The Morgan fingerprint density at radius 2 is 2.03 bits per heavy atom. The molecule has 0 spiro atoms. The molecular formula is C23H20F2N4O3. The number of anilines is 2. The summed E-state index contributed by atoms with van der Waals surface area (Å²) in [5, 5.41) is 12.1. The average molecular weight is 438 g/mol. The van der Waals surface area contributed by atoms with Gasteiger partial charge in [-0.3, -0.25) is 4.79 Å². The van der Waals surface area contributed by atoms with Gasteiger partial charge in [-0.1, -0.05) is 0 Å². The number of ether oxygens (including phenoxy) is 1. The maximum atomic E-state index is 13.9. The van der Waals surface area contributed by atoms with Crippen LogP contribution >= 0.6 is 0 Å². The van der Waals surface area contributed by atoms with Crippen LogP contribution in [0.15, 0.2) is 47.1 Å². The van der Waals surface area contributed by atoms with Crippen molar-refractivity contribution in [2.45, 2.75) is 25.9 Å². The third kappa shape index (κ3) is 4.70. The molecule has 164 valence electrons. The van der Waals surface area contributed by atoms with E-state index in [0.29, 0.717) is 43.1 Å². The van der Waals surface area contributed by atoms with Gasteiger partial charge in [0, 0.05) is 38.9 Å². The molecule has 0 saturated carbocycles. The molecule has 0 radical (unpaired) electrons. The third-order valence-electron chi connectivity index (χ3n) is 5.20. The van der Waals surface area contributed by atoms with Crippen LogP contribution in [0.1, 0.15) is 34.8 Å². The summed E-state index contributed by atoms with van der Waals surface area (Å²) in [5.41, 5.74) is 1.79. The minimum absolute atomic E-state index is 0.0269. The van der Waals surface area contributed by atoms with E-state index < -0.39 is 17.5 Å². The highest BCUT2D eigenvalue weighted by atomic mass is 19.1. The molecular weight excluding hydrogens is 418 g/mol. The van der Waals surface area contributed by atoms with Gasteiger partial charge in [0.15, 0.2) is 23.2 Å². The van der Waals surface area contributed by atoms with Gasteiger partial charge >= 0.3 is 0 Å². The number of oxazole rings is 1. The zero-order valence-corrected chi connectivity index (χ0v) is 17.3. The van der Waals surface area contributed by atoms with E-state index in [4.69, 9.17) is 9.15 Å². The molecule has 1 amide bonds. The monoisotopic (exact) mass is 438 g/mol. The van der Waals surface area contributed by atoms with Gasteiger partial charge < -0.3 is 19.4 Å². The summed E-state index contributed by atoms with van der Waals surface area (Å²) in [6, 6.07) is 10.4. The lowest BCUT2D eigenvalue weighted by Crippen LogP contribution is -2.38. The largest absolute Gasteiger partial charge is 0.487 e. The number of aryl methyl sites for hydroxylation is 1. The molecule has 0 atom stereocenters. The number of aromatic nitrogens is 1. The first-order valence-electron chi connectivity index (χ1n) is 10.1. The second-order valence-electron chi connectivity index (χ2n) is 7.43. The van der Waals surface area contributed by atoms with Gasteiger partial charge in [-0.15, -0.1) is 0 Å². The van der Waals surface area contributed by atoms with Crippen molar-refractivity contribution >= 4 is 17.3 Å². The van der Waals surface area contributed by atoms with Crippen LogP contribution in [0, 0.1) is 29.9 Å². The molecule has 3 aromatic rings. The summed E-state index contributed by atoms with van der Waals surface area (Å²) in [6.45, 7) is 2.82. The van der Waals surface area contributed by atoms with Crippen molar-refractivity contribution in [2.24, 2.45) is 0 Å². The first-order valence-corrected chi connectivity index (χ1v) is 10.1. The number of piperidine rings is 1. The van der Waals surface area contributed by atoms with E-state index >= 15 is 0 Å². The third-order valence-corrected chi connectivity index (χ3v) is 5.20. The van der Waals surface area contributed by atoms with Crippen molar-refractivity contribution in [1.29, 1.82) is 5.26 Å². The Morgan fingerprint density at radius 3 is 2.69 bits per heavy atom. The molecule has 0 bridgehead atoms. The number of nitriles is 1. The van der Waals surface area contributed by atoms with Gasteiger partial charge in [-0.2, -0.15) is 5.26 Å². The fourth-order valence-electron chi connectivity index (χ4n) is 3.60. The summed E-state index contributed by atoms with van der Waals surface area (Å²) in [5.74, 6) is -1.42. The van der Waals surface area contributed by atoms with Crippen molar-refractivity contribution in [3.63, 3.8) is 0 Å². The lowest BCUT2D eigenvalue weighted by Gasteiger charge is -2.34. The number of rotatable bonds is 5. The van der Waals surface area contributed by atoms with Crippen molar-refractivity contribution in [1.82, 2.24) is 4.98 Å². The van der Waals surface area contributed by atoms with Gasteiger partial charge in [0.05, 0.1) is 23.0 Å². The molecule has 1 aliphatic heterocycles. The number of carbonyl (C=O) groups is 1. The number of nitrogens with one attached hydrogen (secondary N) is 1. The van der Waals surface area contributed by atoms with Gasteiger partial charge in [-0.25, -0.2) is 13.8 Å². The van der Waals surface area contributed by atoms with E-state index in [9.17, 15) is 18.8 Å². The number of amides is 1. The summed E-state index contributed by atoms with van der Waals surface area (Å²) in [4.78, 5) is 18.6. The highest BCUT2D eigenvalue weighted by Gasteiger charge is 2.24. The van der Waals surface area contributed by atoms with E-state index in [0.717, 1.165) is 17.8 Å². The Hall–Kier alpha value is -3.93. The highest BCUT2D eigenvalue weighted by Crippen LogP contribution is 2.31. The van der Waals surface area contributed by atoms with E-state index in [-0.39, 0.29) is 17.5 Å². The first kappa shape index (κ1) is 21.3. The smallest absolute Gasteiger partial charge is 0.277 e. The molecule has 32 heavy (non-hydrogen) atoms. The molecule has 2 heterocycles. The van der Waals surface area contributed by atoms with Crippen LogP contribution in [0.4, 0.5) is 20.2 Å². The van der Waals surface area contributed by atoms with Gasteiger partial charge in [0.1, 0.15) is 18.2 Å². The zero-order valence-electron chi connectivity index (χ0n) is 17.3. The Labute approximate surface area is 183 Å². The van der Waals surface area contributed by atoms with Crippen molar-refractivity contribution in [3.05, 3.63) is 71.4 Å². The Bertz CT molecular complexity index is 1180. The molecule has 7 nitrogen and oxygen atoms in total. The topological polar surface area (TPSA) is 91.4 Å². The molecule has 0 aliphatic carbocycles. The van der Waals surface area contributed by atoms with Crippen molar-refractivity contribution < 1.29 is 22.7 Å². The number of carbonyl (C=O) groups excluding carboxylic acids is 1. The van der Waals surface area contributed by atoms with Crippen LogP contribution < -0.4 is 15.0 Å². The van der Waals surface area contributed by atoms with Crippen LogP contribution in [0.3, 0.4) is 0 Å². The first-order chi connectivity index (χ1) is 15.4. The van der Waals surface area contributed by atoms with Crippen molar-refractivity contribution in [2.75, 3.05) is 23.3 Å². The van der Waals surface area contributed by atoms with Crippen LogP contribution in [0.5, 0.6) is 5.75 Å². The van der Waals surface area contributed by atoms with Crippen molar-refractivity contribution in [3.8, 4) is 11.8 Å². The van der Waals surface area contributed by atoms with Crippen LogP contribution in [0.25, 0.3) is 0 Å². The standard InChI is InChI=1S/C23H20F2N4O3/c1-14-27-20(13-31-14)23(30)28-19-10-15(12-26)2-4-21(19)29-8-6-17(7-9-29)32-22-5-3-16(24)11-18(22)25/h2-5,10-11,13,17H,6-9H2,1H3,(H,28,30). The SMILES string of the molecule is Cc1nc(C(=O)Nc2cc(C#N)ccc2N2CCC(Oc3ccc(F)cc3F)CC2)co1. The Kier molecular flexibility index (Phi) is 6.03. The predicted octanol–water partition coefficient (Wildman–Crippen LogP) is 4.43. The zero-order chi connectivity index (χ0) is 22.7. The summed E-state index contributed by atoms with van der Waals surface area (Å²) in [7, 11) is 0. The number of hydrogen-bond donors (Lipinski definition) is 1. The summed E-state index contributed by atoms with van der Waals surface area (Å²) < 4.78 is 37.8. The van der Waals surface area contributed by atoms with Crippen LogP contribution in [-0.2, 0) is 0 Å². The van der Waals surface area contributed by atoms with Gasteiger partial charge in [0.25, 0.3) is 5.91 Å². The second-order valence-corrected chi connectivity index (χ2v) is 7.43. The van der Waals surface area contributed by atoms with Crippen LogP contribution in [-0.4, -0.2) is 30.1 Å². The quantitative estimate of drug-likeness (QED) is 0.634. The van der Waals surface area contributed by atoms with Gasteiger partial charge in [-0.05, 0) is 30.3 Å². The molecule has 0 unspecified atom stereocenters. The fraction of sp³-hybridized carbons (Fsp3) is 0.261. The number of halogens is 2. The lowest BCUT2D eigenvalue weighted by molar-refractivity contribution is 0.102. The van der Waals surface area contributed by atoms with E-state index in [2.05, 4.69) is 21.3 Å². The summed E-state index contributed by atoms with van der Waals surface area (Å²) >= 11 is 0. The molecule has 1 saturated heterocycles. The Balaban J connectivity index is 1.46. The van der Waals surface area contributed by atoms with E-state index in [1.807, 2.05) is 0 Å². The average Bonchev–Trinajstić information content (AvgIpc) is 3.23. The molecule has 1 aliphatic rings.